The van der Waals surface area contributed by atoms with Crippen molar-refractivity contribution < 1.29 is 9.90 Å². The maximum Gasteiger partial charge on any atom is 0.314 e. The normalized spacial score (nSPS) is 17.5. The molecule has 1 aliphatic carbocycles. The van der Waals surface area contributed by atoms with Gasteiger partial charge in [-0.15, -0.1) is 0 Å². The molecule has 0 saturated heterocycles. The Hall–Kier alpha value is -1.62. The number of nitrogens with zero attached hydrogens (tertiary/aromatic N) is 1. The van der Waals surface area contributed by atoms with Crippen LogP contribution >= 0.6 is 11.3 Å². The topological polar surface area (TPSA) is 76.2 Å². The lowest BCUT2D eigenvalue weighted by Crippen LogP contribution is -2.19. The van der Waals surface area contributed by atoms with Crippen LogP contribution in [0.1, 0.15) is 18.4 Å². The molecule has 4 nitrogen and oxygen atoms in total. The third kappa shape index (κ3) is 1.21. The molecular formula is C11H10N2O2S. The molecule has 1 saturated carbocycles. The lowest BCUT2D eigenvalue weighted by atomic mass is 9.96. The zero-order valence-electron chi connectivity index (χ0n) is 8.43. The van der Waals surface area contributed by atoms with E-state index in [0.29, 0.717) is 5.13 Å². The number of hydrogen-bond acceptors (Lipinski definition) is 4. The highest BCUT2D eigenvalue weighted by Crippen LogP contribution is 2.49. The van der Waals surface area contributed by atoms with Crippen LogP contribution in [0.4, 0.5) is 5.13 Å². The van der Waals surface area contributed by atoms with Gasteiger partial charge in [0, 0.05) is 0 Å². The van der Waals surface area contributed by atoms with Crippen molar-refractivity contribution in [3.63, 3.8) is 0 Å². The first kappa shape index (κ1) is 9.59. The summed E-state index contributed by atoms with van der Waals surface area (Å²) < 4.78 is 0.961. The van der Waals surface area contributed by atoms with Gasteiger partial charge in [-0.3, -0.25) is 4.79 Å². The van der Waals surface area contributed by atoms with E-state index in [1.54, 1.807) is 0 Å². The molecule has 1 heterocycles. The smallest absolute Gasteiger partial charge is 0.314 e. The Morgan fingerprint density at radius 2 is 2.25 bits per heavy atom. The fraction of sp³-hybridized carbons (Fsp3) is 0.273. The molecule has 0 spiro atoms. The lowest BCUT2D eigenvalue weighted by Gasteiger charge is -2.09. The summed E-state index contributed by atoms with van der Waals surface area (Å²) in [7, 11) is 0. The van der Waals surface area contributed by atoms with Gasteiger partial charge in [-0.1, -0.05) is 17.4 Å². The third-order valence-electron chi connectivity index (χ3n) is 3.12. The number of nitrogens with two attached hydrogens (primary N) is 1. The highest BCUT2D eigenvalue weighted by atomic mass is 32.1. The number of fused-ring (bicyclic) bond motifs is 1. The highest BCUT2D eigenvalue weighted by molar-refractivity contribution is 7.22. The predicted octanol–water partition coefficient (Wildman–Crippen LogP) is 1.99. The highest BCUT2D eigenvalue weighted by Gasteiger charge is 2.51. The first-order valence-corrected chi connectivity index (χ1v) is 5.83. The summed E-state index contributed by atoms with van der Waals surface area (Å²) in [6.45, 7) is 0. The molecule has 2 aromatic rings. The minimum Gasteiger partial charge on any atom is -0.481 e. The number of carbonyl (C=O) groups is 1. The lowest BCUT2D eigenvalue weighted by molar-refractivity contribution is -0.140. The number of carboxylic acids is 1. The van der Waals surface area contributed by atoms with Crippen LogP contribution in [0, 0.1) is 0 Å². The largest absolute Gasteiger partial charge is 0.481 e. The molecule has 5 heteroatoms. The third-order valence-corrected chi connectivity index (χ3v) is 3.96. The molecule has 82 valence electrons. The van der Waals surface area contributed by atoms with Crippen LogP contribution in [-0.2, 0) is 10.2 Å². The van der Waals surface area contributed by atoms with Crippen LogP contribution in [0.15, 0.2) is 18.2 Å². The molecule has 0 unspecified atom stereocenters. The van der Waals surface area contributed by atoms with Crippen LogP contribution < -0.4 is 5.73 Å². The summed E-state index contributed by atoms with van der Waals surface area (Å²) >= 11 is 1.40. The van der Waals surface area contributed by atoms with Gasteiger partial charge in [-0.05, 0) is 30.5 Å². The Bertz CT molecular complexity index is 587. The van der Waals surface area contributed by atoms with Gasteiger partial charge >= 0.3 is 5.97 Å². The van der Waals surface area contributed by atoms with Crippen LogP contribution in [0.25, 0.3) is 10.2 Å². The van der Waals surface area contributed by atoms with Gasteiger partial charge in [0.25, 0.3) is 0 Å². The molecule has 3 N–H and O–H groups in total. The number of thiazole rings is 1. The Kier molecular flexibility index (Phi) is 1.77. The van der Waals surface area contributed by atoms with Crippen molar-refractivity contribution in [2.24, 2.45) is 0 Å². The molecule has 1 fully saturated rings. The summed E-state index contributed by atoms with van der Waals surface area (Å²) in [4.78, 5) is 15.3. The van der Waals surface area contributed by atoms with Crippen molar-refractivity contribution in [1.29, 1.82) is 0 Å². The number of hydrogen-bond donors (Lipinski definition) is 2. The van der Waals surface area contributed by atoms with Crippen molar-refractivity contribution in [2.75, 3.05) is 5.73 Å². The Balaban J connectivity index is 2.15. The minimum atomic E-state index is -0.732. The first-order valence-electron chi connectivity index (χ1n) is 5.02. The molecule has 1 aliphatic rings. The molecule has 3 rings (SSSR count). The van der Waals surface area contributed by atoms with Gasteiger partial charge in [0.15, 0.2) is 5.13 Å². The van der Waals surface area contributed by atoms with Gasteiger partial charge in [0.2, 0.25) is 0 Å². The van der Waals surface area contributed by atoms with Crippen molar-refractivity contribution in [2.45, 2.75) is 18.3 Å². The summed E-state index contributed by atoms with van der Waals surface area (Å²) in [5.41, 5.74) is 6.68. The van der Waals surface area contributed by atoms with Gasteiger partial charge in [-0.2, -0.15) is 0 Å². The van der Waals surface area contributed by atoms with Gasteiger partial charge in [-0.25, -0.2) is 4.98 Å². The van der Waals surface area contributed by atoms with Gasteiger partial charge in [0.05, 0.1) is 15.6 Å². The van der Waals surface area contributed by atoms with Crippen molar-refractivity contribution >= 4 is 32.7 Å². The number of aromatic nitrogens is 1. The van der Waals surface area contributed by atoms with Crippen LogP contribution in [0.2, 0.25) is 0 Å². The Morgan fingerprint density at radius 3 is 2.88 bits per heavy atom. The molecule has 0 amide bonds. The number of carboxylic acid groups (broad SMARTS) is 1. The molecule has 1 aromatic carbocycles. The van der Waals surface area contributed by atoms with Gasteiger partial charge in [0.1, 0.15) is 0 Å². The maximum absolute atomic E-state index is 11.2. The van der Waals surface area contributed by atoms with E-state index in [1.165, 1.54) is 11.3 Å². The fourth-order valence-electron chi connectivity index (χ4n) is 1.99. The van der Waals surface area contributed by atoms with Crippen molar-refractivity contribution in [1.82, 2.24) is 4.98 Å². The number of nitrogen functional groups attached to an aromatic ring is 1. The van der Waals surface area contributed by atoms with E-state index in [1.807, 2.05) is 18.2 Å². The van der Waals surface area contributed by atoms with Crippen LogP contribution in [0.5, 0.6) is 0 Å². The molecule has 1 aromatic heterocycles. The molecule has 16 heavy (non-hydrogen) atoms. The van der Waals surface area contributed by atoms with E-state index in [0.717, 1.165) is 28.6 Å². The van der Waals surface area contributed by atoms with Crippen molar-refractivity contribution in [3.8, 4) is 0 Å². The first-order chi connectivity index (χ1) is 7.62. The predicted molar refractivity (Wildman–Crippen MR) is 62.6 cm³/mol. The summed E-state index contributed by atoms with van der Waals surface area (Å²) in [6, 6.07) is 5.60. The number of rotatable bonds is 2. The van der Waals surface area contributed by atoms with Crippen molar-refractivity contribution in [3.05, 3.63) is 23.8 Å². The second-order valence-corrected chi connectivity index (χ2v) is 5.18. The average Bonchev–Trinajstić information content (AvgIpc) is 2.95. The van der Waals surface area contributed by atoms with E-state index in [9.17, 15) is 9.90 Å². The average molecular weight is 234 g/mol. The summed E-state index contributed by atoms with van der Waals surface area (Å²) in [5.74, 6) is -0.732. The summed E-state index contributed by atoms with van der Waals surface area (Å²) in [6.07, 6.45) is 1.45. The van der Waals surface area contributed by atoms with Crippen LogP contribution in [-0.4, -0.2) is 16.1 Å². The Labute approximate surface area is 95.7 Å². The van der Waals surface area contributed by atoms with Crippen LogP contribution in [0.3, 0.4) is 0 Å². The fourth-order valence-corrected chi connectivity index (χ4v) is 2.76. The number of benzene rings is 1. The number of anilines is 1. The molecule has 0 atom stereocenters. The quantitative estimate of drug-likeness (QED) is 0.833. The Morgan fingerprint density at radius 1 is 1.50 bits per heavy atom. The van der Waals surface area contributed by atoms with E-state index < -0.39 is 11.4 Å². The monoisotopic (exact) mass is 234 g/mol. The second-order valence-electron chi connectivity index (χ2n) is 4.12. The SMILES string of the molecule is Nc1nc2ccc(C3(C(=O)O)CC3)cc2s1. The van der Waals surface area contributed by atoms with E-state index in [-0.39, 0.29) is 0 Å². The van der Waals surface area contributed by atoms with E-state index in [4.69, 9.17) is 5.73 Å². The molecular weight excluding hydrogens is 224 g/mol. The molecule has 0 aliphatic heterocycles. The minimum absolute atomic E-state index is 0.521. The van der Waals surface area contributed by atoms with E-state index >= 15 is 0 Å². The second kappa shape index (κ2) is 2.95. The van der Waals surface area contributed by atoms with Gasteiger partial charge < -0.3 is 10.8 Å². The summed E-state index contributed by atoms with van der Waals surface area (Å²) in [5, 5.41) is 9.72. The number of aliphatic carboxylic acids is 1. The van der Waals surface area contributed by atoms with E-state index in [2.05, 4.69) is 4.98 Å². The molecule has 0 radical (unpaired) electrons. The standard InChI is InChI=1S/C11H10N2O2S/c12-10-13-7-2-1-6(5-8(7)16-10)11(3-4-11)9(14)15/h1-2,5H,3-4H2,(H2,12,13)(H,14,15). The maximum atomic E-state index is 11.2. The molecule has 0 bridgehead atoms. The zero-order chi connectivity index (χ0) is 11.3. The zero-order valence-corrected chi connectivity index (χ0v) is 9.25.